The van der Waals surface area contributed by atoms with E-state index >= 15 is 0 Å². The van der Waals surface area contributed by atoms with Crippen molar-refractivity contribution in [3.63, 3.8) is 0 Å². The number of hydrogen-bond acceptors (Lipinski definition) is 9. The summed E-state index contributed by atoms with van der Waals surface area (Å²) in [6.07, 6.45) is 1.67. The normalized spacial score (nSPS) is 18.7. The van der Waals surface area contributed by atoms with Crippen LogP contribution in [0, 0.1) is 0 Å². The fourth-order valence-corrected chi connectivity index (χ4v) is 4.07. The predicted octanol–water partition coefficient (Wildman–Crippen LogP) is 4.30. The summed E-state index contributed by atoms with van der Waals surface area (Å²) in [6.45, 7) is 5.64. The summed E-state index contributed by atoms with van der Waals surface area (Å²) in [5.74, 6) is -0.364. The summed E-state index contributed by atoms with van der Waals surface area (Å²) >= 11 is 1.45. The molecule has 162 valence electrons. The van der Waals surface area contributed by atoms with Crippen LogP contribution < -0.4 is 10.1 Å². The number of pyridine rings is 2. The third kappa shape index (κ3) is 4.67. The molecule has 31 heavy (non-hydrogen) atoms. The van der Waals surface area contributed by atoms with E-state index in [4.69, 9.17) is 14.2 Å². The van der Waals surface area contributed by atoms with Gasteiger partial charge in [-0.2, -0.15) is 0 Å². The van der Waals surface area contributed by atoms with E-state index in [-0.39, 0.29) is 0 Å². The van der Waals surface area contributed by atoms with Gasteiger partial charge in [-0.15, -0.1) is 11.3 Å². The highest BCUT2D eigenvalue weighted by atomic mass is 32.1. The molecule has 0 spiro atoms. The van der Waals surface area contributed by atoms with Crippen molar-refractivity contribution in [1.82, 2.24) is 15.3 Å². The van der Waals surface area contributed by atoms with Crippen molar-refractivity contribution < 1.29 is 23.8 Å². The van der Waals surface area contributed by atoms with E-state index in [0.29, 0.717) is 36.5 Å². The number of carbonyl (C=O) groups is 2. The van der Waals surface area contributed by atoms with Crippen molar-refractivity contribution >= 4 is 33.7 Å². The summed E-state index contributed by atoms with van der Waals surface area (Å²) < 4.78 is 17.1. The average Bonchev–Trinajstić information content (AvgIpc) is 3.37. The Morgan fingerprint density at radius 3 is 2.71 bits per heavy atom. The maximum Gasteiger partial charge on any atom is 0.516 e. The minimum Gasteiger partial charge on any atom is -0.460 e. The maximum atomic E-state index is 13.0. The van der Waals surface area contributed by atoms with Crippen LogP contribution in [0.2, 0.25) is 0 Å². The monoisotopic (exact) mass is 441 g/mol. The third-order valence-electron chi connectivity index (χ3n) is 4.60. The number of nitrogens with zero attached hydrogens (tertiary/aromatic N) is 2. The topological polar surface area (TPSA) is 99.6 Å². The Morgan fingerprint density at radius 1 is 1.19 bits per heavy atom. The van der Waals surface area contributed by atoms with Gasteiger partial charge in [0.1, 0.15) is 11.4 Å². The molecule has 3 aromatic rings. The minimum absolute atomic E-state index is 0.350. The van der Waals surface area contributed by atoms with Crippen molar-refractivity contribution in [2.24, 2.45) is 0 Å². The van der Waals surface area contributed by atoms with Gasteiger partial charge >= 0.3 is 12.1 Å². The number of thiophene rings is 1. The molecule has 0 unspecified atom stereocenters. The van der Waals surface area contributed by atoms with Crippen LogP contribution in [-0.4, -0.2) is 40.0 Å². The molecule has 4 heterocycles. The van der Waals surface area contributed by atoms with Crippen molar-refractivity contribution in [2.45, 2.75) is 44.9 Å². The van der Waals surface area contributed by atoms with E-state index in [0.717, 1.165) is 10.2 Å². The van der Waals surface area contributed by atoms with Crippen LogP contribution in [0.1, 0.15) is 33.6 Å². The van der Waals surface area contributed by atoms with Gasteiger partial charge in [0.05, 0.1) is 21.6 Å². The largest absolute Gasteiger partial charge is 0.516 e. The van der Waals surface area contributed by atoms with Crippen LogP contribution in [-0.2, 0) is 14.3 Å². The number of carbonyl (C=O) groups excluding carboxylic acids is 2. The van der Waals surface area contributed by atoms with Gasteiger partial charge in [0.25, 0.3) is 5.72 Å². The number of ether oxygens (including phenoxy) is 3. The second-order valence-electron chi connectivity index (χ2n) is 8.17. The van der Waals surface area contributed by atoms with Crippen LogP contribution in [0.15, 0.2) is 41.9 Å². The highest BCUT2D eigenvalue weighted by molar-refractivity contribution is 7.17. The quantitative estimate of drug-likeness (QED) is 0.473. The minimum atomic E-state index is -1.49. The molecule has 0 aliphatic carbocycles. The molecule has 1 N–H and O–H groups in total. The van der Waals surface area contributed by atoms with Crippen molar-refractivity contribution in [3.05, 3.63) is 41.9 Å². The summed E-state index contributed by atoms with van der Waals surface area (Å²) in [4.78, 5) is 34.0. The summed E-state index contributed by atoms with van der Waals surface area (Å²) in [5.41, 5.74) is -0.228. The molecule has 4 rings (SSSR count). The van der Waals surface area contributed by atoms with E-state index in [9.17, 15) is 9.59 Å². The lowest BCUT2D eigenvalue weighted by Crippen LogP contribution is -2.54. The lowest BCUT2D eigenvalue weighted by Gasteiger charge is -2.28. The molecule has 8 nitrogen and oxygen atoms in total. The van der Waals surface area contributed by atoms with Gasteiger partial charge in [-0.3, -0.25) is 10.3 Å². The Bertz CT molecular complexity index is 1100. The van der Waals surface area contributed by atoms with Gasteiger partial charge in [-0.1, -0.05) is 6.07 Å². The molecule has 0 amide bonds. The summed E-state index contributed by atoms with van der Waals surface area (Å²) in [5, 5.41) is 4.97. The van der Waals surface area contributed by atoms with Crippen LogP contribution in [0.3, 0.4) is 0 Å². The van der Waals surface area contributed by atoms with Crippen molar-refractivity contribution in [3.8, 4) is 17.1 Å². The number of hydrogen-bond donors (Lipinski definition) is 1. The third-order valence-corrected chi connectivity index (χ3v) is 5.52. The Hall–Kier alpha value is -3.04. The van der Waals surface area contributed by atoms with Crippen LogP contribution in [0.4, 0.5) is 4.79 Å². The zero-order valence-corrected chi connectivity index (χ0v) is 18.3. The van der Waals surface area contributed by atoms with Crippen molar-refractivity contribution in [1.29, 1.82) is 0 Å². The SMILES string of the molecule is CC(C)(C)OC(=O)OC(=O)[C@]1(Oc2cc(-c3ccccn3)nc3ccsc23)CCCN1. The Kier molecular flexibility index (Phi) is 5.63. The lowest BCUT2D eigenvalue weighted by molar-refractivity contribution is -0.161. The zero-order valence-electron chi connectivity index (χ0n) is 17.5. The fraction of sp³-hybridized carbons (Fsp3) is 0.364. The Balaban J connectivity index is 1.66. The Morgan fingerprint density at radius 2 is 2.03 bits per heavy atom. The number of rotatable bonds is 4. The van der Waals surface area contributed by atoms with Crippen LogP contribution >= 0.6 is 11.3 Å². The highest BCUT2D eigenvalue weighted by Crippen LogP contribution is 2.36. The number of nitrogens with one attached hydrogen (secondary N) is 1. The standard InChI is InChI=1S/C22H23N3O5S/c1-21(2,3)30-20(27)28-19(26)22(9-6-11-24-22)29-17-13-16(14-7-4-5-10-23-14)25-15-8-12-31-18(15)17/h4-5,7-8,10,12-13,24H,6,9,11H2,1-3H3/t22-/m1/s1. The van der Waals surface area contributed by atoms with E-state index in [1.807, 2.05) is 29.6 Å². The maximum absolute atomic E-state index is 13.0. The van der Waals surface area contributed by atoms with Gasteiger partial charge in [0, 0.05) is 18.7 Å². The predicted molar refractivity (Wildman–Crippen MR) is 116 cm³/mol. The number of fused-ring (bicyclic) bond motifs is 1. The molecular weight excluding hydrogens is 418 g/mol. The van der Waals surface area contributed by atoms with Gasteiger partial charge in [-0.25, -0.2) is 14.6 Å². The molecule has 1 saturated heterocycles. The van der Waals surface area contributed by atoms with E-state index in [1.54, 1.807) is 33.0 Å². The smallest absolute Gasteiger partial charge is 0.460 e. The van der Waals surface area contributed by atoms with Gasteiger partial charge in [0.15, 0.2) is 0 Å². The number of esters is 1. The van der Waals surface area contributed by atoms with Gasteiger partial charge in [0.2, 0.25) is 0 Å². The molecule has 1 fully saturated rings. The highest BCUT2D eigenvalue weighted by Gasteiger charge is 2.47. The first-order valence-electron chi connectivity index (χ1n) is 9.95. The molecular formula is C22H23N3O5S. The lowest BCUT2D eigenvalue weighted by atomic mass is 10.1. The molecule has 1 atom stereocenters. The molecule has 3 aromatic heterocycles. The second-order valence-corrected chi connectivity index (χ2v) is 9.09. The first-order chi connectivity index (χ1) is 14.8. The molecule has 1 aliphatic heterocycles. The van der Waals surface area contributed by atoms with E-state index < -0.39 is 23.5 Å². The van der Waals surface area contributed by atoms with Crippen LogP contribution in [0.25, 0.3) is 21.6 Å². The first kappa shape index (κ1) is 21.2. The number of aromatic nitrogens is 2. The van der Waals surface area contributed by atoms with E-state index in [2.05, 4.69) is 15.3 Å². The molecule has 1 aliphatic rings. The average molecular weight is 442 g/mol. The second kappa shape index (κ2) is 8.24. The molecule has 0 saturated carbocycles. The van der Waals surface area contributed by atoms with Crippen LogP contribution in [0.5, 0.6) is 5.75 Å². The molecule has 0 radical (unpaired) electrons. The van der Waals surface area contributed by atoms with Crippen molar-refractivity contribution in [2.75, 3.05) is 6.54 Å². The fourth-order valence-electron chi connectivity index (χ4n) is 3.28. The molecule has 9 heteroatoms. The van der Waals surface area contributed by atoms with Gasteiger partial charge < -0.3 is 14.2 Å². The first-order valence-corrected chi connectivity index (χ1v) is 10.8. The Labute approximate surface area is 183 Å². The molecule has 0 bridgehead atoms. The summed E-state index contributed by atoms with van der Waals surface area (Å²) in [7, 11) is 0. The van der Waals surface area contributed by atoms with Gasteiger partial charge in [-0.05, 0) is 57.3 Å². The summed E-state index contributed by atoms with van der Waals surface area (Å²) in [6, 6.07) is 9.19. The van der Waals surface area contributed by atoms with E-state index in [1.165, 1.54) is 11.3 Å². The molecule has 0 aromatic carbocycles. The zero-order chi connectivity index (χ0) is 22.1.